The molecule has 0 amide bonds. The molecule has 0 radical (unpaired) electrons. The van der Waals surface area contributed by atoms with Crippen LogP contribution in [0.5, 0.6) is 0 Å². The summed E-state index contributed by atoms with van der Waals surface area (Å²) in [7, 11) is 0. The van der Waals surface area contributed by atoms with Gasteiger partial charge >= 0.3 is 6.01 Å². The second-order valence-corrected chi connectivity index (χ2v) is 6.63. The summed E-state index contributed by atoms with van der Waals surface area (Å²) in [5.74, 6) is 0.635. The molecule has 1 fully saturated rings. The molecule has 1 aliphatic heterocycles. The highest BCUT2D eigenvalue weighted by Gasteiger charge is 2.39. The Morgan fingerprint density at radius 3 is 2.40 bits per heavy atom. The Balaban J connectivity index is 2.03. The SMILES string of the molecule is CCCNCc1nnc(N2CC(C)(C)OC(C)(C)C2)o1. The Kier molecular flexibility index (Phi) is 4.34. The lowest BCUT2D eigenvalue weighted by molar-refractivity contribution is -0.134. The van der Waals surface area contributed by atoms with Crippen LogP contribution in [0.25, 0.3) is 0 Å². The van der Waals surface area contributed by atoms with Crippen molar-refractivity contribution in [1.82, 2.24) is 15.5 Å². The molecule has 1 saturated heterocycles. The molecule has 1 aliphatic rings. The average molecular weight is 282 g/mol. The van der Waals surface area contributed by atoms with Crippen LogP contribution in [-0.4, -0.2) is 41.0 Å². The summed E-state index contributed by atoms with van der Waals surface area (Å²) in [5, 5.41) is 11.5. The molecule has 0 saturated carbocycles. The van der Waals surface area contributed by atoms with Gasteiger partial charge in [0.1, 0.15) is 0 Å². The zero-order valence-corrected chi connectivity index (χ0v) is 13.2. The van der Waals surface area contributed by atoms with Crippen LogP contribution in [-0.2, 0) is 11.3 Å². The number of nitrogens with one attached hydrogen (secondary N) is 1. The lowest BCUT2D eigenvalue weighted by Crippen LogP contribution is -2.57. The van der Waals surface area contributed by atoms with E-state index in [1.165, 1.54) is 0 Å². The van der Waals surface area contributed by atoms with E-state index in [0.29, 0.717) is 18.5 Å². The maximum atomic E-state index is 6.06. The van der Waals surface area contributed by atoms with Crippen molar-refractivity contribution in [2.75, 3.05) is 24.5 Å². The Hall–Kier alpha value is -1.14. The molecule has 1 aromatic rings. The highest BCUT2D eigenvalue weighted by atomic mass is 16.5. The van der Waals surface area contributed by atoms with Gasteiger partial charge in [-0.25, -0.2) is 0 Å². The van der Waals surface area contributed by atoms with Crippen molar-refractivity contribution in [2.45, 2.75) is 58.8 Å². The summed E-state index contributed by atoms with van der Waals surface area (Å²) < 4.78 is 11.8. The van der Waals surface area contributed by atoms with Crippen LogP contribution in [0, 0.1) is 0 Å². The fourth-order valence-corrected chi connectivity index (χ4v) is 2.74. The van der Waals surface area contributed by atoms with Gasteiger partial charge < -0.3 is 19.4 Å². The topological polar surface area (TPSA) is 63.4 Å². The Morgan fingerprint density at radius 1 is 1.15 bits per heavy atom. The van der Waals surface area contributed by atoms with Crippen molar-refractivity contribution in [2.24, 2.45) is 0 Å². The van der Waals surface area contributed by atoms with Crippen LogP contribution in [0.3, 0.4) is 0 Å². The Labute approximate surface area is 120 Å². The van der Waals surface area contributed by atoms with E-state index in [1.54, 1.807) is 0 Å². The third-order valence-electron chi connectivity index (χ3n) is 3.13. The Morgan fingerprint density at radius 2 is 1.80 bits per heavy atom. The number of ether oxygens (including phenoxy) is 1. The summed E-state index contributed by atoms with van der Waals surface area (Å²) >= 11 is 0. The smallest absolute Gasteiger partial charge is 0.318 e. The van der Waals surface area contributed by atoms with Gasteiger partial charge in [-0.3, -0.25) is 0 Å². The fraction of sp³-hybridized carbons (Fsp3) is 0.857. The standard InChI is InChI=1S/C14H26N4O2/c1-6-7-15-8-11-16-17-12(19-11)18-9-13(2,3)20-14(4,5)10-18/h15H,6-10H2,1-5H3. The lowest BCUT2D eigenvalue weighted by Gasteiger charge is -2.46. The monoisotopic (exact) mass is 282 g/mol. The van der Waals surface area contributed by atoms with E-state index in [0.717, 1.165) is 26.1 Å². The van der Waals surface area contributed by atoms with Crippen LogP contribution in [0.1, 0.15) is 46.9 Å². The van der Waals surface area contributed by atoms with Gasteiger partial charge in [-0.15, -0.1) is 5.10 Å². The number of nitrogens with zero attached hydrogens (tertiary/aromatic N) is 3. The third-order valence-corrected chi connectivity index (χ3v) is 3.13. The zero-order chi connectivity index (χ0) is 14.8. The number of hydrogen-bond acceptors (Lipinski definition) is 6. The van der Waals surface area contributed by atoms with Gasteiger partial charge in [0, 0.05) is 0 Å². The van der Waals surface area contributed by atoms with Crippen molar-refractivity contribution in [1.29, 1.82) is 0 Å². The molecule has 0 bridgehead atoms. The third kappa shape index (κ3) is 3.93. The molecule has 2 heterocycles. The molecule has 1 N–H and O–H groups in total. The minimum Gasteiger partial charge on any atom is -0.407 e. The normalized spacial score (nSPS) is 21.1. The van der Waals surface area contributed by atoms with Crippen LogP contribution >= 0.6 is 0 Å². The number of morpholine rings is 1. The molecule has 0 unspecified atom stereocenters. The predicted octanol–water partition coefficient (Wildman–Crippen LogP) is 1.96. The summed E-state index contributed by atoms with van der Waals surface area (Å²) in [4.78, 5) is 2.11. The van der Waals surface area contributed by atoms with Gasteiger partial charge in [-0.2, -0.15) is 0 Å². The molecule has 6 heteroatoms. The van der Waals surface area contributed by atoms with Gasteiger partial charge in [0.2, 0.25) is 5.89 Å². The lowest BCUT2D eigenvalue weighted by atomic mass is 9.99. The van der Waals surface area contributed by atoms with Crippen molar-refractivity contribution >= 4 is 6.01 Å². The molecule has 114 valence electrons. The average Bonchev–Trinajstić information content (AvgIpc) is 2.74. The second-order valence-electron chi connectivity index (χ2n) is 6.63. The van der Waals surface area contributed by atoms with E-state index < -0.39 is 0 Å². The van der Waals surface area contributed by atoms with E-state index in [1.807, 2.05) is 0 Å². The number of anilines is 1. The molecular weight excluding hydrogens is 256 g/mol. The maximum Gasteiger partial charge on any atom is 0.318 e. The molecule has 0 aliphatic carbocycles. The number of aromatic nitrogens is 2. The number of hydrogen-bond donors (Lipinski definition) is 1. The van der Waals surface area contributed by atoms with E-state index >= 15 is 0 Å². The van der Waals surface area contributed by atoms with Gasteiger partial charge in [0.25, 0.3) is 0 Å². The fourth-order valence-electron chi connectivity index (χ4n) is 2.74. The minimum atomic E-state index is -0.225. The van der Waals surface area contributed by atoms with E-state index in [-0.39, 0.29) is 11.2 Å². The first-order valence-corrected chi connectivity index (χ1v) is 7.29. The highest BCUT2D eigenvalue weighted by molar-refractivity contribution is 5.28. The zero-order valence-electron chi connectivity index (χ0n) is 13.2. The minimum absolute atomic E-state index is 0.225. The molecular formula is C14H26N4O2. The molecule has 1 aromatic heterocycles. The molecule has 2 rings (SSSR count). The van der Waals surface area contributed by atoms with Crippen molar-refractivity contribution in [3.05, 3.63) is 5.89 Å². The first kappa shape index (κ1) is 15.3. The Bertz CT molecular complexity index is 426. The van der Waals surface area contributed by atoms with Crippen molar-refractivity contribution in [3.8, 4) is 0 Å². The van der Waals surface area contributed by atoms with E-state index in [2.05, 4.69) is 55.0 Å². The largest absolute Gasteiger partial charge is 0.407 e. The van der Waals surface area contributed by atoms with E-state index in [4.69, 9.17) is 9.15 Å². The van der Waals surface area contributed by atoms with Gasteiger partial charge in [-0.1, -0.05) is 12.0 Å². The second kappa shape index (κ2) is 5.69. The first-order valence-electron chi connectivity index (χ1n) is 7.29. The molecule has 0 spiro atoms. The molecule has 0 atom stereocenters. The summed E-state index contributed by atoms with van der Waals surface area (Å²) in [6.07, 6.45) is 1.09. The van der Waals surface area contributed by atoms with Crippen molar-refractivity contribution in [3.63, 3.8) is 0 Å². The van der Waals surface area contributed by atoms with Crippen LogP contribution < -0.4 is 10.2 Å². The summed E-state index contributed by atoms with van der Waals surface area (Å²) in [5.41, 5.74) is -0.451. The van der Waals surface area contributed by atoms with E-state index in [9.17, 15) is 0 Å². The predicted molar refractivity (Wildman–Crippen MR) is 77.8 cm³/mol. The van der Waals surface area contributed by atoms with Crippen molar-refractivity contribution < 1.29 is 9.15 Å². The van der Waals surface area contributed by atoms with Crippen LogP contribution in [0.2, 0.25) is 0 Å². The summed E-state index contributed by atoms with van der Waals surface area (Å²) in [6.45, 7) is 13.5. The van der Waals surface area contributed by atoms with Crippen LogP contribution in [0.4, 0.5) is 6.01 Å². The highest BCUT2D eigenvalue weighted by Crippen LogP contribution is 2.30. The quantitative estimate of drug-likeness (QED) is 0.833. The molecule has 6 nitrogen and oxygen atoms in total. The first-order chi connectivity index (χ1) is 9.31. The number of rotatable bonds is 5. The van der Waals surface area contributed by atoms with Gasteiger partial charge in [0.15, 0.2) is 0 Å². The maximum absolute atomic E-state index is 6.06. The molecule has 20 heavy (non-hydrogen) atoms. The molecule has 0 aromatic carbocycles. The van der Waals surface area contributed by atoms with Crippen LogP contribution in [0.15, 0.2) is 4.42 Å². The summed E-state index contributed by atoms with van der Waals surface area (Å²) in [6, 6.07) is 0.586. The van der Waals surface area contributed by atoms with Gasteiger partial charge in [-0.05, 0) is 40.7 Å². The van der Waals surface area contributed by atoms with Gasteiger partial charge in [0.05, 0.1) is 30.8 Å².